The largest absolute Gasteiger partial charge is 0.504 e. The second-order valence-corrected chi connectivity index (χ2v) is 3.21. The summed E-state index contributed by atoms with van der Waals surface area (Å²) in [4.78, 5) is 11.5. The number of benzene rings is 1. The lowest BCUT2D eigenvalue weighted by Gasteiger charge is -2.14. The molecule has 1 amide bonds. The first kappa shape index (κ1) is 12.3. The van der Waals surface area contributed by atoms with E-state index in [4.69, 9.17) is 15.3 Å². The van der Waals surface area contributed by atoms with Crippen molar-refractivity contribution in [1.82, 2.24) is 5.32 Å². The number of nitrogens with one attached hydrogen (secondary N) is 1. The van der Waals surface area contributed by atoms with Gasteiger partial charge in [-0.2, -0.15) is 0 Å². The summed E-state index contributed by atoms with van der Waals surface area (Å²) in [5, 5.41) is 38.4. The first-order chi connectivity index (χ1) is 7.60. The molecule has 0 fully saturated rings. The number of carbonyl (C=O) groups excluding carboxylic acids is 1. The zero-order valence-electron chi connectivity index (χ0n) is 8.42. The quantitative estimate of drug-likeness (QED) is 0.432. The number of aromatic hydroxyl groups is 2. The highest BCUT2D eigenvalue weighted by molar-refractivity contribution is 5.97. The van der Waals surface area contributed by atoms with Crippen molar-refractivity contribution in [2.24, 2.45) is 0 Å². The number of phenols is 2. The number of rotatable bonds is 4. The minimum atomic E-state index is -0.797. The Labute approximate surface area is 91.8 Å². The monoisotopic (exact) mass is 227 g/mol. The van der Waals surface area contributed by atoms with Gasteiger partial charge in [-0.25, -0.2) is 0 Å². The second kappa shape index (κ2) is 5.34. The molecule has 0 unspecified atom stereocenters. The van der Waals surface area contributed by atoms with Gasteiger partial charge >= 0.3 is 0 Å². The number of phenolic OH excluding ortho intramolecular Hbond substituents is 2. The first-order valence-electron chi connectivity index (χ1n) is 4.63. The minimum Gasteiger partial charge on any atom is -0.504 e. The summed E-state index contributed by atoms with van der Waals surface area (Å²) in [6.45, 7) is -0.830. The van der Waals surface area contributed by atoms with Crippen molar-refractivity contribution in [2.75, 3.05) is 13.2 Å². The van der Waals surface area contributed by atoms with E-state index in [1.807, 2.05) is 0 Å². The smallest absolute Gasteiger partial charge is 0.255 e. The molecule has 0 aliphatic rings. The summed E-state index contributed by atoms with van der Waals surface area (Å²) in [5.74, 6) is -1.62. The highest BCUT2D eigenvalue weighted by atomic mass is 16.3. The van der Waals surface area contributed by atoms with E-state index in [2.05, 4.69) is 5.32 Å². The molecule has 0 aromatic heterocycles. The molecule has 0 saturated heterocycles. The lowest BCUT2D eigenvalue weighted by molar-refractivity contribution is 0.0876. The predicted molar refractivity (Wildman–Crippen MR) is 55.2 cm³/mol. The van der Waals surface area contributed by atoms with Gasteiger partial charge in [0.05, 0.1) is 24.8 Å². The van der Waals surface area contributed by atoms with E-state index >= 15 is 0 Å². The van der Waals surface area contributed by atoms with Crippen LogP contribution >= 0.6 is 0 Å². The third-order valence-corrected chi connectivity index (χ3v) is 2.04. The van der Waals surface area contributed by atoms with Crippen molar-refractivity contribution in [1.29, 1.82) is 0 Å². The van der Waals surface area contributed by atoms with Crippen LogP contribution < -0.4 is 5.32 Å². The van der Waals surface area contributed by atoms with Crippen molar-refractivity contribution in [3.8, 4) is 11.5 Å². The van der Waals surface area contributed by atoms with Gasteiger partial charge in [-0.05, 0) is 12.1 Å². The predicted octanol–water partition coefficient (Wildman–Crippen LogP) is -0.819. The van der Waals surface area contributed by atoms with Gasteiger partial charge in [-0.15, -0.1) is 0 Å². The maximum absolute atomic E-state index is 11.5. The number of amides is 1. The van der Waals surface area contributed by atoms with E-state index in [0.717, 1.165) is 0 Å². The molecule has 1 aromatic rings. The summed E-state index contributed by atoms with van der Waals surface area (Å²) >= 11 is 0. The van der Waals surface area contributed by atoms with Crippen LogP contribution in [0.1, 0.15) is 10.4 Å². The van der Waals surface area contributed by atoms with E-state index in [1.54, 1.807) is 0 Å². The van der Waals surface area contributed by atoms with Gasteiger partial charge in [0, 0.05) is 0 Å². The van der Waals surface area contributed by atoms with E-state index < -0.39 is 36.7 Å². The van der Waals surface area contributed by atoms with Gasteiger partial charge in [0.15, 0.2) is 11.5 Å². The molecule has 88 valence electrons. The number of carbonyl (C=O) groups is 1. The molecule has 0 aliphatic carbocycles. The highest BCUT2D eigenvalue weighted by Gasteiger charge is 2.16. The van der Waals surface area contributed by atoms with Gasteiger partial charge in [-0.1, -0.05) is 6.07 Å². The van der Waals surface area contributed by atoms with Gasteiger partial charge in [0.1, 0.15) is 0 Å². The minimum absolute atomic E-state index is 0.119. The fourth-order valence-electron chi connectivity index (χ4n) is 1.13. The Morgan fingerprint density at radius 3 is 2.44 bits per heavy atom. The van der Waals surface area contributed by atoms with Crippen LogP contribution in [0.4, 0.5) is 0 Å². The van der Waals surface area contributed by atoms with Crippen LogP contribution in [-0.2, 0) is 0 Å². The highest BCUT2D eigenvalue weighted by Crippen LogP contribution is 2.27. The van der Waals surface area contributed by atoms with Crippen molar-refractivity contribution in [3.63, 3.8) is 0 Å². The Morgan fingerprint density at radius 2 is 1.88 bits per heavy atom. The Bertz CT molecular complexity index is 375. The van der Waals surface area contributed by atoms with E-state index in [9.17, 15) is 9.90 Å². The molecule has 0 saturated carbocycles. The van der Waals surface area contributed by atoms with Gasteiger partial charge in [-0.3, -0.25) is 4.79 Å². The summed E-state index contributed by atoms with van der Waals surface area (Å²) in [6.07, 6.45) is 0. The molecule has 0 radical (unpaired) electrons. The molecule has 0 heterocycles. The number of aliphatic hydroxyl groups is 2. The molecule has 0 atom stereocenters. The number of hydrogen-bond donors (Lipinski definition) is 5. The average molecular weight is 227 g/mol. The zero-order valence-corrected chi connectivity index (χ0v) is 8.42. The topological polar surface area (TPSA) is 110 Å². The molecule has 0 bridgehead atoms. The molecule has 1 aromatic carbocycles. The maximum Gasteiger partial charge on any atom is 0.255 e. The summed E-state index contributed by atoms with van der Waals surface area (Å²) in [6, 6.07) is 3.16. The summed E-state index contributed by atoms with van der Waals surface area (Å²) < 4.78 is 0. The van der Waals surface area contributed by atoms with Crippen molar-refractivity contribution < 1.29 is 25.2 Å². The van der Waals surface area contributed by atoms with Crippen LogP contribution in [0.25, 0.3) is 0 Å². The van der Waals surface area contributed by atoms with Crippen LogP contribution in [0.15, 0.2) is 18.2 Å². The number of aliphatic hydroxyl groups excluding tert-OH is 2. The molecule has 0 aliphatic heterocycles. The van der Waals surface area contributed by atoms with Crippen LogP contribution in [0.5, 0.6) is 11.5 Å². The zero-order chi connectivity index (χ0) is 12.1. The molecular weight excluding hydrogens is 214 g/mol. The first-order valence-corrected chi connectivity index (χ1v) is 4.63. The second-order valence-electron chi connectivity index (χ2n) is 3.21. The van der Waals surface area contributed by atoms with Crippen LogP contribution in [0, 0.1) is 0 Å². The van der Waals surface area contributed by atoms with Crippen LogP contribution in [0.2, 0.25) is 0 Å². The van der Waals surface area contributed by atoms with Crippen molar-refractivity contribution in [3.05, 3.63) is 23.8 Å². The summed E-state index contributed by atoms with van der Waals surface area (Å²) in [7, 11) is 0. The standard InChI is InChI=1S/C10H13NO5/c12-4-6(5-13)11-10(16)7-2-1-3-8(14)9(7)15/h1-3,6,12-15H,4-5H2,(H,11,16). The Balaban J connectivity index is 2.84. The molecule has 6 nitrogen and oxygen atoms in total. The lowest BCUT2D eigenvalue weighted by Crippen LogP contribution is -2.40. The fourth-order valence-corrected chi connectivity index (χ4v) is 1.13. The molecular formula is C10H13NO5. The van der Waals surface area contributed by atoms with Crippen molar-refractivity contribution >= 4 is 5.91 Å². The van der Waals surface area contributed by atoms with E-state index in [0.29, 0.717) is 0 Å². The molecule has 5 N–H and O–H groups in total. The third kappa shape index (κ3) is 2.62. The number of hydrogen-bond acceptors (Lipinski definition) is 5. The average Bonchev–Trinajstić information content (AvgIpc) is 2.29. The lowest BCUT2D eigenvalue weighted by atomic mass is 10.1. The Hall–Kier alpha value is -1.79. The van der Waals surface area contributed by atoms with E-state index in [1.165, 1.54) is 18.2 Å². The van der Waals surface area contributed by atoms with Gasteiger partial charge in [0.2, 0.25) is 0 Å². The molecule has 6 heteroatoms. The van der Waals surface area contributed by atoms with Gasteiger partial charge in [0.25, 0.3) is 5.91 Å². The third-order valence-electron chi connectivity index (χ3n) is 2.04. The maximum atomic E-state index is 11.5. The van der Waals surface area contributed by atoms with Crippen LogP contribution in [0.3, 0.4) is 0 Å². The molecule has 0 spiro atoms. The number of para-hydroxylation sites is 1. The normalized spacial score (nSPS) is 10.4. The van der Waals surface area contributed by atoms with Gasteiger partial charge < -0.3 is 25.7 Å². The summed E-state index contributed by atoms with van der Waals surface area (Å²) in [5.41, 5.74) is -0.119. The SMILES string of the molecule is O=C(NC(CO)CO)c1cccc(O)c1O. The molecule has 16 heavy (non-hydrogen) atoms. The Morgan fingerprint density at radius 1 is 1.25 bits per heavy atom. The van der Waals surface area contributed by atoms with E-state index in [-0.39, 0.29) is 5.56 Å². The van der Waals surface area contributed by atoms with Crippen LogP contribution in [-0.4, -0.2) is 45.6 Å². The fraction of sp³-hybridized carbons (Fsp3) is 0.300. The van der Waals surface area contributed by atoms with Crippen molar-refractivity contribution in [2.45, 2.75) is 6.04 Å². The molecule has 1 rings (SSSR count). The Kier molecular flexibility index (Phi) is 4.10.